The molecule has 0 bridgehead atoms. The average molecular weight is 769 g/mol. The van der Waals surface area contributed by atoms with Crippen molar-refractivity contribution in [3.05, 3.63) is 69.6 Å². The van der Waals surface area contributed by atoms with Gasteiger partial charge in [-0.05, 0) is 93.0 Å². The Bertz CT molecular complexity index is 2100. The molecule has 0 amide bonds. The highest BCUT2D eigenvalue weighted by molar-refractivity contribution is 6.11. The summed E-state index contributed by atoms with van der Waals surface area (Å²) in [7, 11) is 3.26. The van der Waals surface area contributed by atoms with E-state index in [1.54, 1.807) is 21.1 Å². The molecule has 12 nitrogen and oxygen atoms in total. The maximum atomic E-state index is 13.6. The van der Waals surface area contributed by atoms with Gasteiger partial charge in [0.15, 0.2) is 6.29 Å². The van der Waals surface area contributed by atoms with Crippen LogP contribution in [0.4, 0.5) is 0 Å². The molecule has 1 saturated heterocycles. The first kappa shape index (κ1) is 38.4. The lowest BCUT2D eigenvalue weighted by Crippen LogP contribution is -2.59. The van der Waals surface area contributed by atoms with Gasteiger partial charge in [0, 0.05) is 68.4 Å². The number of Topliss-reactive ketones (excluding diaryl/α,β-unsaturated/α-hetero) is 1. The van der Waals surface area contributed by atoms with Gasteiger partial charge in [-0.2, -0.15) is 0 Å². The second kappa shape index (κ2) is 15.8. The van der Waals surface area contributed by atoms with Crippen LogP contribution in [0.3, 0.4) is 0 Å². The first-order valence-corrected chi connectivity index (χ1v) is 20.1. The molecule has 5 atom stereocenters. The summed E-state index contributed by atoms with van der Waals surface area (Å²) in [6.45, 7) is 4.70. The van der Waals surface area contributed by atoms with Crippen molar-refractivity contribution in [1.82, 2.24) is 9.88 Å². The monoisotopic (exact) mass is 768 g/mol. The molecule has 2 aliphatic carbocycles. The van der Waals surface area contributed by atoms with Crippen LogP contribution in [0.2, 0.25) is 0 Å². The Labute approximate surface area is 326 Å². The van der Waals surface area contributed by atoms with Crippen LogP contribution < -0.4 is 14.2 Å². The Hall–Kier alpha value is -4.49. The van der Waals surface area contributed by atoms with Crippen LogP contribution in [-0.4, -0.2) is 96.9 Å². The van der Waals surface area contributed by atoms with Crippen molar-refractivity contribution in [3.8, 4) is 17.2 Å². The van der Waals surface area contributed by atoms with E-state index in [0.29, 0.717) is 71.6 Å². The summed E-state index contributed by atoms with van der Waals surface area (Å²) in [6.07, 6.45) is 7.35. The predicted octanol–water partition coefficient (Wildman–Crippen LogP) is 5.56. The first-order chi connectivity index (χ1) is 27.2. The number of hydrogen-bond acceptors (Lipinski definition) is 11. The fourth-order valence-corrected chi connectivity index (χ4v) is 10.4. The molecule has 0 radical (unpaired) electrons. The van der Waals surface area contributed by atoms with E-state index in [2.05, 4.69) is 9.88 Å². The topological polar surface area (TPSA) is 157 Å². The summed E-state index contributed by atoms with van der Waals surface area (Å²) in [6, 6.07) is 7.90. The highest BCUT2D eigenvalue weighted by Gasteiger charge is 2.55. The molecule has 1 aromatic heterocycles. The van der Waals surface area contributed by atoms with Crippen molar-refractivity contribution in [2.75, 3.05) is 47.1 Å². The highest BCUT2D eigenvalue weighted by atomic mass is 16.6. The number of fused-ring (bicyclic) bond motifs is 4. The minimum Gasteiger partial charge on any atom is -0.496 e. The van der Waals surface area contributed by atoms with Crippen LogP contribution in [0, 0.1) is 11.8 Å². The maximum absolute atomic E-state index is 13.6. The highest BCUT2D eigenvalue weighted by Crippen LogP contribution is 2.58. The molecule has 3 fully saturated rings. The van der Waals surface area contributed by atoms with Gasteiger partial charge in [-0.1, -0.05) is 18.1 Å². The summed E-state index contributed by atoms with van der Waals surface area (Å²) in [4.78, 5) is 46.0. The van der Waals surface area contributed by atoms with Gasteiger partial charge in [-0.15, -0.1) is 0 Å². The fourth-order valence-electron chi connectivity index (χ4n) is 10.4. The summed E-state index contributed by atoms with van der Waals surface area (Å²) < 4.78 is 30.0. The lowest BCUT2D eigenvalue weighted by Gasteiger charge is -2.51. The molecule has 4 heterocycles. The van der Waals surface area contributed by atoms with E-state index in [1.165, 1.54) is 0 Å². The number of nitrogens with one attached hydrogen (secondary N) is 1. The number of allylic oxidation sites excluding steroid dienone is 3. The van der Waals surface area contributed by atoms with Gasteiger partial charge < -0.3 is 43.8 Å². The van der Waals surface area contributed by atoms with Crippen molar-refractivity contribution in [1.29, 1.82) is 0 Å². The van der Waals surface area contributed by atoms with Gasteiger partial charge >= 0.3 is 5.97 Å². The number of likely N-dealkylation sites (tertiary alicyclic amines) is 1. The van der Waals surface area contributed by atoms with E-state index in [9.17, 15) is 24.6 Å². The average Bonchev–Trinajstić information content (AvgIpc) is 3.88. The van der Waals surface area contributed by atoms with E-state index in [1.807, 2.05) is 30.5 Å². The number of aromatic nitrogens is 1. The number of benzene rings is 2. The number of carbonyl (C=O) groups excluding carboxylic acids is 3. The molecular weight excluding hydrogens is 716 g/mol. The third-order valence-corrected chi connectivity index (χ3v) is 12.9. The number of esters is 1. The summed E-state index contributed by atoms with van der Waals surface area (Å²) >= 11 is 0. The van der Waals surface area contributed by atoms with Gasteiger partial charge in [0.2, 0.25) is 5.76 Å². The van der Waals surface area contributed by atoms with Gasteiger partial charge in [-0.3, -0.25) is 9.59 Å². The number of ketones is 1. The van der Waals surface area contributed by atoms with Crippen LogP contribution in [0.25, 0.3) is 16.5 Å². The summed E-state index contributed by atoms with van der Waals surface area (Å²) in [5.74, 6) is -0.273. The van der Waals surface area contributed by atoms with Crippen LogP contribution in [0.15, 0.2) is 47.4 Å². The van der Waals surface area contributed by atoms with Crippen LogP contribution >= 0.6 is 0 Å². The van der Waals surface area contributed by atoms with Crippen molar-refractivity contribution in [3.63, 3.8) is 0 Å². The van der Waals surface area contributed by atoms with Crippen molar-refractivity contribution < 1.29 is 48.3 Å². The molecule has 3 N–H and O–H groups in total. The zero-order chi connectivity index (χ0) is 39.1. The number of aliphatic hydroxyl groups excluding tert-OH is 1. The molecule has 2 aromatic carbocycles. The Morgan fingerprint density at radius 1 is 1.14 bits per heavy atom. The summed E-state index contributed by atoms with van der Waals surface area (Å²) in [5, 5.41) is 24.8. The third kappa shape index (κ3) is 6.54. The molecule has 5 aliphatic rings. The Balaban J connectivity index is 1.22. The van der Waals surface area contributed by atoms with E-state index >= 15 is 0 Å². The maximum Gasteiger partial charge on any atom is 0.375 e. The molecule has 298 valence electrons. The van der Waals surface area contributed by atoms with E-state index in [4.69, 9.17) is 23.7 Å². The quantitative estimate of drug-likeness (QED) is 0.128. The van der Waals surface area contributed by atoms with Crippen molar-refractivity contribution in [2.24, 2.45) is 11.8 Å². The third-order valence-electron chi connectivity index (χ3n) is 12.9. The Kier molecular flexibility index (Phi) is 10.8. The number of ether oxygens (including phenoxy) is 5. The zero-order valence-corrected chi connectivity index (χ0v) is 32.5. The number of aldehydes is 1. The number of hydrogen-bond donors (Lipinski definition) is 3. The van der Waals surface area contributed by atoms with E-state index in [0.717, 1.165) is 74.0 Å². The summed E-state index contributed by atoms with van der Waals surface area (Å²) in [5.41, 5.74) is 3.34. The molecule has 8 rings (SSSR count). The van der Waals surface area contributed by atoms with Crippen LogP contribution in [0.1, 0.15) is 86.5 Å². The number of H-pyrrole nitrogens is 1. The minimum atomic E-state index is -1.12. The second-order valence-electron chi connectivity index (χ2n) is 15.9. The second-order valence-corrected chi connectivity index (χ2v) is 15.9. The van der Waals surface area contributed by atoms with Gasteiger partial charge in [0.05, 0.1) is 37.0 Å². The number of piperidine rings is 1. The number of aliphatic hydroxyl groups is 2. The van der Waals surface area contributed by atoms with Gasteiger partial charge in [-0.25, -0.2) is 4.79 Å². The van der Waals surface area contributed by atoms with E-state index in [-0.39, 0.29) is 41.8 Å². The van der Waals surface area contributed by atoms with Crippen molar-refractivity contribution in [2.45, 2.75) is 88.9 Å². The Morgan fingerprint density at radius 3 is 2.77 bits per heavy atom. The predicted molar refractivity (Wildman–Crippen MR) is 208 cm³/mol. The lowest BCUT2D eigenvalue weighted by atomic mass is 9.63. The number of nitrogens with zero attached hydrogens (tertiary/aromatic N) is 1. The standard InChI is InChI=1S/C44H52N2O10/c1-4-54-43(50)42-31(23-47)37(27-9-11-35(49)29(20-27)25-8-10-34-26(19-25)12-15-45-34)38-40(53-3)30-21-36(55-39(30)32(24-48)41(38)56-42)44(51)14-5-7-28-22-46(16-6-18-52-2)17-13-33(28)44/h8,10,12,15,19,23,28-29,33,36,45,48,51H,4-7,9,11,13-14,16-18,20-22,24H2,1-3H3. The molecule has 3 aromatic rings. The smallest absolute Gasteiger partial charge is 0.375 e. The van der Waals surface area contributed by atoms with Crippen LogP contribution in [0.5, 0.6) is 17.2 Å². The number of aromatic amines is 1. The fraction of sp³-hybridized carbons (Fsp3) is 0.523. The van der Waals surface area contributed by atoms with Crippen LogP contribution in [-0.2, 0) is 36.9 Å². The van der Waals surface area contributed by atoms with Crippen molar-refractivity contribution >= 4 is 34.5 Å². The first-order valence-electron chi connectivity index (χ1n) is 20.1. The number of rotatable bonds is 11. The normalized spacial score (nSPS) is 27.6. The van der Waals surface area contributed by atoms with Gasteiger partial charge in [0.1, 0.15) is 34.7 Å². The molecular formula is C44H52N2O10. The minimum absolute atomic E-state index is 0.00347. The molecule has 2 saturated carbocycles. The number of methoxy groups -OCH3 is 2. The largest absolute Gasteiger partial charge is 0.496 e. The SMILES string of the molecule is CCOC(=O)C1=C(C=O)C(=C2CCC(=O)C(c3ccc4[nH]ccc4c3)C2)c2c(OC)c3c(c(CO)c2O1)OC(C1(O)CCCC2CN(CCCOC)CCC21)C3. The number of carbonyl (C=O) groups is 3. The molecule has 12 heteroatoms. The molecule has 0 spiro atoms. The molecule has 3 aliphatic heterocycles. The van der Waals surface area contributed by atoms with Gasteiger partial charge in [0.25, 0.3) is 0 Å². The molecule has 56 heavy (non-hydrogen) atoms. The lowest BCUT2D eigenvalue weighted by molar-refractivity contribution is -0.151. The Morgan fingerprint density at radius 2 is 2.00 bits per heavy atom. The zero-order valence-electron chi connectivity index (χ0n) is 32.5. The molecule has 5 unspecified atom stereocenters. The van der Waals surface area contributed by atoms with E-state index < -0.39 is 30.2 Å².